The van der Waals surface area contributed by atoms with Gasteiger partial charge in [0.15, 0.2) is 0 Å². The minimum Gasteiger partial charge on any atom is -0.392 e. The molecular formula is C14H11NOS. The summed E-state index contributed by atoms with van der Waals surface area (Å²) in [5.74, 6) is 0. The van der Waals surface area contributed by atoms with Gasteiger partial charge < -0.3 is 5.11 Å². The monoisotopic (exact) mass is 241 g/mol. The molecule has 1 aromatic heterocycles. The second-order valence-electron chi connectivity index (χ2n) is 3.54. The Kier molecular flexibility index (Phi) is 3.71. The quantitative estimate of drug-likeness (QED) is 0.897. The van der Waals surface area contributed by atoms with Crippen LogP contribution in [-0.4, -0.2) is 11.7 Å². The summed E-state index contributed by atoms with van der Waals surface area (Å²) < 4.78 is 0. The number of hydrogen-bond donors (Lipinski definition) is 1. The van der Waals surface area contributed by atoms with Crippen molar-refractivity contribution in [2.24, 2.45) is 0 Å². The van der Waals surface area contributed by atoms with E-state index in [1.165, 1.54) is 0 Å². The number of rotatable bonds is 3. The molecule has 0 aliphatic heterocycles. The summed E-state index contributed by atoms with van der Waals surface area (Å²) in [6.45, 7) is 0.0144. The summed E-state index contributed by atoms with van der Waals surface area (Å²) in [7, 11) is 0. The number of benzene rings is 1. The van der Waals surface area contributed by atoms with Gasteiger partial charge in [-0.1, -0.05) is 18.2 Å². The smallest absolute Gasteiger partial charge is 0.0991 e. The van der Waals surface area contributed by atoms with Gasteiger partial charge in [0.2, 0.25) is 0 Å². The first-order valence-electron chi connectivity index (χ1n) is 5.19. The summed E-state index contributed by atoms with van der Waals surface area (Å²) in [5, 5.41) is 20.0. The second kappa shape index (κ2) is 5.44. The highest BCUT2D eigenvalue weighted by Gasteiger charge is 2.01. The van der Waals surface area contributed by atoms with Gasteiger partial charge >= 0.3 is 0 Å². The van der Waals surface area contributed by atoms with Gasteiger partial charge in [-0.2, -0.15) is 5.26 Å². The van der Waals surface area contributed by atoms with Crippen molar-refractivity contribution in [2.45, 2.75) is 0 Å². The van der Waals surface area contributed by atoms with Crippen LogP contribution >= 0.6 is 11.3 Å². The lowest BCUT2D eigenvalue weighted by Crippen LogP contribution is -1.87. The SMILES string of the molecule is N#Cc1ccc(/C=C(\CO)c2cccs2)cc1. The molecule has 0 radical (unpaired) electrons. The molecule has 2 nitrogen and oxygen atoms in total. The Hall–Kier alpha value is -1.89. The van der Waals surface area contributed by atoms with E-state index in [1.807, 2.05) is 35.7 Å². The summed E-state index contributed by atoms with van der Waals surface area (Å²) >= 11 is 1.60. The molecule has 0 atom stereocenters. The normalized spacial score (nSPS) is 11.2. The molecule has 0 bridgehead atoms. The Balaban J connectivity index is 2.30. The topological polar surface area (TPSA) is 44.0 Å². The van der Waals surface area contributed by atoms with Crippen molar-refractivity contribution in [3.05, 3.63) is 57.8 Å². The summed E-state index contributed by atoms with van der Waals surface area (Å²) in [6, 6.07) is 13.3. The van der Waals surface area contributed by atoms with Crippen LogP contribution in [0.25, 0.3) is 11.6 Å². The molecule has 0 spiro atoms. The highest BCUT2D eigenvalue weighted by Crippen LogP contribution is 2.22. The third kappa shape index (κ3) is 2.82. The zero-order valence-electron chi connectivity index (χ0n) is 9.13. The van der Waals surface area contributed by atoms with E-state index in [0.29, 0.717) is 5.56 Å². The minimum atomic E-state index is 0.0144. The van der Waals surface area contributed by atoms with Crippen LogP contribution in [-0.2, 0) is 0 Å². The first kappa shape index (κ1) is 11.6. The third-order valence-electron chi connectivity index (χ3n) is 2.39. The molecule has 0 aliphatic carbocycles. The molecule has 1 N–H and O–H groups in total. The van der Waals surface area contributed by atoms with Gasteiger partial charge in [0.25, 0.3) is 0 Å². The Labute approximate surface area is 104 Å². The number of aliphatic hydroxyl groups excluding tert-OH is 1. The average Bonchev–Trinajstić information content (AvgIpc) is 2.90. The molecule has 0 amide bonds. The van der Waals surface area contributed by atoms with Crippen molar-refractivity contribution < 1.29 is 5.11 Å². The fraction of sp³-hybridized carbons (Fsp3) is 0.0714. The van der Waals surface area contributed by atoms with Crippen molar-refractivity contribution in [1.82, 2.24) is 0 Å². The molecule has 1 aromatic carbocycles. The number of thiophene rings is 1. The van der Waals surface area contributed by atoms with Crippen LogP contribution in [0, 0.1) is 11.3 Å². The van der Waals surface area contributed by atoms with Crippen LogP contribution < -0.4 is 0 Å². The van der Waals surface area contributed by atoms with Crippen LogP contribution in [0.2, 0.25) is 0 Å². The number of nitriles is 1. The van der Waals surface area contributed by atoms with E-state index in [2.05, 4.69) is 6.07 Å². The van der Waals surface area contributed by atoms with Crippen LogP contribution in [0.5, 0.6) is 0 Å². The first-order chi connectivity index (χ1) is 8.33. The van der Waals surface area contributed by atoms with E-state index in [4.69, 9.17) is 5.26 Å². The molecule has 84 valence electrons. The standard InChI is InChI=1S/C14H11NOS/c15-9-12-5-3-11(4-6-12)8-13(10-16)14-2-1-7-17-14/h1-8,16H,10H2/b13-8+. The fourth-order valence-corrected chi connectivity index (χ4v) is 2.25. The van der Waals surface area contributed by atoms with E-state index in [1.54, 1.807) is 23.5 Å². The Morgan fingerprint density at radius 1 is 1.29 bits per heavy atom. The zero-order chi connectivity index (χ0) is 12.1. The van der Waals surface area contributed by atoms with Crippen LogP contribution in [0.4, 0.5) is 0 Å². The average molecular weight is 241 g/mol. The van der Waals surface area contributed by atoms with E-state index in [-0.39, 0.29) is 6.61 Å². The van der Waals surface area contributed by atoms with Gasteiger partial charge in [0.05, 0.1) is 18.2 Å². The van der Waals surface area contributed by atoms with Gasteiger partial charge in [-0.05, 0) is 40.8 Å². The maximum absolute atomic E-state index is 9.35. The van der Waals surface area contributed by atoms with Crippen LogP contribution in [0.1, 0.15) is 16.0 Å². The first-order valence-corrected chi connectivity index (χ1v) is 6.07. The van der Waals surface area contributed by atoms with E-state index in [9.17, 15) is 5.11 Å². The van der Waals surface area contributed by atoms with Crippen molar-refractivity contribution in [3.8, 4) is 6.07 Å². The third-order valence-corrected chi connectivity index (χ3v) is 3.33. The minimum absolute atomic E-state index is 0.0144. The summed E-state index contributed by atoms with van der Waals surface area (Å²) in [6.07, 6.45) is 1.94. The lowest BCUT2D eigenvalue weighted by Gasteiger charge is -2.01. The summed E-state index contributed by atoms with van der Waals surface area (Å²) in [5.41, 5.74) is 2.52. The molecule has 0 saturated carbocycles. The predicted octanol–water partition coefficient (Wildman–Crippen LogP) is 3.15. The van der Waals surface area contributed by atoms with Crippen molar-refractivity contribution in [2.75, 3.05) is 6.61 Å². The molecule has 3 heteroatoms. The Bertz CT molecular complexity index is 547. The maximum Gasteiger partial charge on any atom is 0.0991 e. The molecule has 0 aliphatic rings. The molecule has 0 fully saturated rings. The Morgan fingerprint density at radius 2 is 2.06 bits per heavy atom. The van der Waals surface area contributed by atoms with Crippen LogP contribution in [0.15, 0.2) is 41.8 Å². The largest absolute Gasteiger partial charge is 0.392 e. The number of hydrogen-bond acceptors (Lipinski definition) is 3. The molecule has 2 aromatic rings. The highest BCUT2D eigenvalue weighted by atomic mass is 32.1. The predicted molar refractivity (Wildman–Crippen MR) is 70.4 cm³/mol. The highest BCUT2D eigenvalue weighted by molar-refractivity contribution is 7.11. The molecule has 0 saturated heterocycles. The molecule has 17 heavy (non-hydrogen) atoms. The second-order valence-corrected chi connectivity index (χ2v) is 4.49. The van der Waals surface area contributed by atoms with E-state index < -0.39 is 0 Å². The molecule has 1 heterocycles. The van der Waals surface area contributed by atoms with Gasteiger partial charge in [0.1, 0.15) is 0 Å². The molecule has 0 unspecified atom stereocenters. The van der Waals surface area contributed by atoms with Crippen molar-refractivity contribution in [3.63, 3.8) is 0 Å². The summed E-state index contributed by atoms with van der Waals surface area (Å²) in [4.78, 5) is 1.07. The van der Waals surface area contributed by atoms with Gasteiger partial charge in [-0.3, -0.25) is 0 Å². The maximum atomic E-state index is 9.35. The number of aliphatic hydroxyl groups is 1. The van der Waals surface area contributed by atoms with Crippen molar-refractivity contribution in [1.29, 1.82) is 5.26 Å². The van der Waals surface area contributed by atoms with E-state index >= 15 is 0 Å². The number of nitrogens with zero attached hydrogens (tertiary/aromatic N) is 1. The van der Waals surface area contributed by atoms with E-state index in [0.717, 1.165) is 16.0 Å². The fourth-order valence-electron chi connectivity index (χ4n) is 1.51. The lowest BCUT2D eigenvalue weighted by atomic mass is 10.1. The molecular weight excluding hydrogens is 230 g/mol. The lowest BCUT2D eigenvalue weighted by molar-refractivity contribution is 0.351. The van der Waals surface area contributed by atoms with Gasteiger partial charge in [-0.25, -0.2) is 0 Å². The van der Waals surface area contributed by atoms with Crippen LogP contribution in [0.3, 0.4) is 0 Å². The molecule has 2 rings (SSSR count). The Morgan fingerprint density at radius 3 is 2.59 bits per heavy atom. The zero-order valence-corrected chi connectivity index (χ0v) is 9.95. The van der Waals surface area contributed by atoms with Gasteiger partial charge in [-0.15, -0.1) is 11.3 Å². The van der Waals surface area contributed by atoms with Gasteiger partial charge in [0, 0.05) is 4.88 Å². The van der Waals surface area contributed by atoms with Crippen molar-refractivity contribution >= 4 is 23.0 Å².